The van der Waals surface area contributed by atoms with Crippen molar-refractivity contribution in [3.05, 3.63) is 94.5 Å². The second kappa shape index (κ2) is 9.69. The van der Waals surface area contributed by atoms with Gasteiger partial charge in [-0.25, -0.2) is 0 Å². The molecule has 3 aromatic carbocycles. The van der Waals surface area contributed by atoms with Crippen LogP contribution in [-0.2, 0) is 6.61 Å². The van der Waals surface area contributed by atoms with E-state index in [1.165, 1.54) is 5.56 Å². The molecule has 0 unspecified atom stereocenters. The molecule has 1 N–H and O–H groups in total. The molecule has 5 nitrogen and oxygen atoms in total. The SMILES string of the molecule is Cc1cccc(COc2cccc(C(=O)Nc3cccc(C(=O)N4CCCC4)c3C)c2)c1. The fourth-order valence-corrected chi connectivity index (χ4v) is 3.98. The molecular weight excluding hydrogens is 400 g/mol. The van der Waals surface area contributed by atoms with Gasteiger partial charge in [-0.15, -0.1) is 0 Å². The third-order valence-corrected chi connectivity index (χ3v) is 5.79. The van der Waals surface area contributed by atoms with Gasteiger partial charge in [0.15, 0.2) is 0 Å². The number of carbonyl (C=O) groups is 2. The lowest BCUT2D eigenvalue weighted by molar-refractivity contribution is 0.0791. The largest absolute Gasteiger partial charge is 0.489 e. The van der Waals surface area contributed by atoms with Crippen LogP contribution in [0.25, 0.3) is 0 Å². The van der Waals surface area contributed by atoms with E-state index < -0.39 is 0 Å². The summed E-state index contributed by atoms with van der Waals surface area (Å²) in [5, 5.41) is 2.96. The van der Waals surface area contributed by atoms with Crippen molar-refractivity contribution < 1.29 is 14.3 Å². The topological polar surface area (TPSA) is 58.6 Å². The molecule has 0 bridgehead atoms. The summed E-state index contributed by atoms with van der Waals surface area (Å²) in [6.45, 7) is 5.95. The minimum atomic E-state index is -0.236. The molecule has 164 valence electrons. The molecule has 1 fully saturated rings. The summed E-state index contributed by atoms with van der Waals surface area (Å²) in [4.78, 5) is 27.6. The van der Waals surface area contributed by atoms with Gasteiger partial charge in [-0.3, -0.25) is 9.59 Å². The Morgan fingerprint density at radius 2 is 1.69 bits per heavy atom. The van der Waals surface area contributed by atoms with Crippen molar-refractivity contribution in [1.82, 2.24) is 4.90 Å². The zero-order valence-electron chi connectivity index (χ0n) is 18.6. The number of aryl methyl sites for hydroxylation is 1. The van der Waals surface area contributed by atoms with E-state index in [-0.39, 0.29) is 11.8 Å². The highest BCUT2D eigenvalue weighted by molar-refractivity contribution is 6.06. The predicted molar refractivity (Wildman–Crippen MR) is 126 cm³/mol. The highest BCUT2D eigenvalue weighted by Crippen LogP contribution is 2.23. The Morgan fingerprint density at radius 1 is 0.938 bits per heavy atom. The van der Waals surface area contributed by atoms with Gasteiger partial charge in [-0.05, 0) is 68.1 Å². The quantitative estimate of drug-likeness (QED) is 0.574. The zero-order chi connectivity index (χ0) is 22.5. The number of nitrogens with zero attached hydrogens (tertiary/aromatic N) is 1. The van der Waals surface area contributed by atoms with E-state index in [1.807, 2.05) is 61.2 Å². The minimum absolute atomic E-state index is 0.0302. The van der Waals surface area contributed by atoms with E-state index in [1.54, 1.807) is 18.2 Å². The van der Waals surface area contributed by atoms with Gasteiger partial charge in [0.2, 0.25) is 0 Å². The summed E-state index contributed by atoms with van der Waals surface area (Å²) >= 11 is 0. The normalized spacial score (nSPS) is 13.1. The average Bonchev–Trinajstić information content (AvgIpc) is 3.34. The van der Waals surface area contributed by atoms with E-state index >= 15 is 0 Å². The first-order chi connectivity index (χ1) is 15.5. The highest BCUT2D eigenvalue weighted by atomic mass is 16.5. The molecular formula is C27H28N2O3. The molecule has 0 saturated carbocycles. The Labute approximate surface area is 189 Å². The number of carbonyl (C=O) groups excluding carboxylic acids is 2. The highest BCUT2D eigenvalue weighted by Gasteiger charge is 2.22. The summed E-state index contributed by atoms with van der Waals surface area (Å²) in [7, 11) is 0. The first kappa shape index (κ1) is 21.6. The molecule has 4 rings (SSSR count). The number of likely N-dealkylation sites (tertiary alicyclic amines) is 1. The second-order valence-corrected chi connectivity index (χ2v) is 8.24. The third kappa shape index (κ3) is 4.99. The lowest BCUT2D eigenvalue weighted by Gasteiger charge is -2.18. The van der Waals surface area contributed by atoms with Gasteiger partial charge in [-0.1, -0.05) is 42.0 Å². The van der Waals surface area contributed by atoms with Crippen LogP contribution in [0, 0.1) is 13.8 Å². The smallest absolute Gasteiger partial charge is 0.255 e. The molecule has 1 aliphatic rings. The van der Waals surface area contributed by atoms with Crippen molar-refractivity contribution in [2.75, 3.05) is 18.4 Å². The number of amides is 2. The predicted octanol–water partition coefficient (Wildman–Crippen LogP) is 5.37. The molecule has 1 heterocycles. The molecule has 3 aromatic rings. The van der Waals surface area contributed by atoms with Crippen LogP contribution in [-0.4, -0.2) is 29.8 Å². The molecule has 0 atom stereocenters. The second-order valence-electron chi connectivity index (χ2n) is 8.24. The van der Waals surface area contributed by atoms with Gasteiger partial charge in [0, 0.05) is 29.9 Å². The van der Waals surface area contributed by atoms with Gasteiger partial charge in [0.05, 0.1) is 0 Å². The molecule has 0 radical (unpaired) electrons. The van der Waals surface area contributed by atoms with Gasteiger partial charge < -0.3 is 15.0 Å². The molecule has 32 heavy (non-hydrogen) atoms. The standard InChI is InChI=1S/C27H28N2O3/c1-19-8-5-9-21(16-19)18-32-23-11-6-10-22(17-23)26(30)28-25-13-7-12-24(20(25)2)27(31)29-14-3-4-15-29/h5-13,16-17H,3-4,14-15,18H2,1-2H3,(H,28,30). The van der Waals surface area contributed by atoms with E-state index in [0.29, 0.717) is 29.2 Å². The lowest BCUT2D eigenvalue weighted by atomic mass is 10.0. The monoisotopic (exact) mass is 428 g/mol. The molecule has 5 heteroatoms. The molecule has 0 aromatic heterocycles. The van der Waals surface area contributed by atoms with Crippen molar-refractivity contribution in [3.8, 4) is 5.75 Å². The summed E-state index contributed by atoms with van der Waals surface area (Å²) in [5.74, 6) is 0.427. The fraction of sp³-hybridized carbons (Fsp3) is 0.259. The van der Waals surface area contributed by atoms with Crippen molar-refractivity contribution in [2.45, 2.75) is 33.3 Å². The summed E-state index contributed by atoms with van der Waals surface area (Å²) in [5.41, 5.74) is 4.83. The Bertz CT molecular complexity index is 1130. The molecule has 0 aliphatic carbocycles. The van der Waals surface area contributed by atoms with Crippen LogP contribution < -0.4 is 10.1 Å². The van der Waals surface area contributed by atoms with Gasteiger partial charge >= 0.3 is 0 Å². The number of benzene rings is 3. The maximum atomic E-state index is 12.9. The lowest BCUT2D eigenvalue weighted by Crippen LogP contribution is -2.28. The van der Waals surface area contributed by atoms with Crippen molar-refractivity contribution in [1.29, 1.82) is 0 Å². The van der Waals surface area contributed by atoms with Crippen LogP contribution in [0.1, 0.15) is 50.2 Å². The summed E-state index contributed by atoms with van der Waals surface area (Å²) in [6.07, 6.45) is 2.09. The summed E-state index contributed by atoms with van der Waals surface area (Å²) < 4.78 is 5.89. The van der Waals surface area contributed by atoms with Crippen LogP contribution >= 0.6 is 0 Å². The van der Waals surface area contributed by atoms with Crippen LogP contribution in [0.3, 0.4) is 0 Å². The van der Waals surface area contributed by atoms with Crippen LogP contribution in [0.4, 0.5) is 5.69 Å². The van der Waals surface area contributed by atoms with E-state index in [0.717, 1.165) is 37.1 Å². The van der Waals surface area contributed by atoms with Crippen molar-refractivity contribution in [2.24, 2.45) is 0 Å². The van der Waals surface area contributed by atoms with Crippen LogP contribution in [0.5, 0.6) is 5.75 Å². The molecule has 1 saturated heterocycles. The Kier molecular flexibility index (Phi) is 6.55. The molecule has 1 aliphatic heterocycles. The minimum Gasteiger partial charge on any atom is -0.489 e. The molecule has 2 amide bonds. The maximum absolute atomic E-state index is 12.9. The first-order valence-electron chi connectivity index (χ1n) is 11.0. The van der Waals surface area contributed by atoms with Gasteiger partial charge in [0.25, 0.3) is 11.8 Å². The van der Waals surface area contributed by atoms with Crippen molar-refractivity contribution >= 4 is 17.5 Å². The molecule has 0 spiro atoms. The van der Waals surface area contributed by atoms with Crippen molar-refractivity contribution in [3.63, 3.8) is 0 Å². The Balaban J connectivity index is 1.45. The van der Waals surface area contributed by atoms with Gasteiger partial charge in [-0.2, -0.15) is 0 Å². The zero-order valence-corrected chi connectivity index (χ0v) is 18.6. The summed E-state index contributed by atoms with van der Waals surface area (Å²) in [6, 6.07) is 20.7. The van der Waals surface area contributed by atoms with E-state index in [9.17, 15) is 9.59 Å². The first-order valence-corrected chi connectivity index (χ1v) is 11.0. The maximum Gasteiger partial charge on any atom is 0.255 e. The number of nitrogens with one attached hydrogen (secondary N) is 1. The number of anilines is 1. The van der Waals surface area contributed by atoms with Crippen LogP contribution in [0.2, 0.25) is 0 Å². The third-order valence-electron chi connectivity index (χ3n) is 5.79. The van der Waals surface area contributed by atoms with E-state index in [2.05, 4.69) is 11.4 Å². The van der Waals surface area contributed by atoms with E-state index in [4.69, 9.17) is 4.74 Å². The number of hydrogen-bond donors (Lipinski definition) is 1. The van der Waals surface area contributed by atoms with Crippen LogP contribution in [0.15, 0.2) is 66.7 Å². The fourth-order valence-electron chi connectivity index (χ4n) is 3.98. The van der Waals surface area contributed by atoms with Gasteiger partial charge in [0.1, 0.15) is 12.4 Å². The average molecular weight is 429 g/mol. The number of rotatable bonds is 6. The Morgan fingerprint density at radius 3 is 2.47 bits per heavy atom. The number of hydrogen-bond acceptors (Lipinski definition) is 3. The Hall–Kier alpha value is -3.60. The number of ether oxygens (including phenoxy) is 1.